The molecule has 0 spiro atoms. The van der Waals surface area contributed by atoms with E-state index in [1.165, 1.54) is 0 Å². The summed E-state index contributed by atoms with van der Waals surface area (Å²) in [6.07, 6.45) is 3.78. The Hall–Kier alpha value is -0.650. The van der Waals surface area contributed by atoms with E-state index < -0.39 is 11.9 Å². The highest BCUT2D eigenvalue weighted by atomic mass is 16.5. The van der Waals surface area contributed by atoms with Gasteiger partial charge in [0.05, 0.1) is 6.04 Å². The van der Waals surface area contributed by atoms with Crippen LogP contribution in [0.15, 0.2) is 0 Å². The third-order valence-corrected chi connectivity index (χ3v) is 2.52. The molecule has 0 saturated heterocycles. The Labute approximate surface area is 97.9 Å². The highest BCUT2D eigenvalue weighted by molar-refractivity contribution is 5.80. The Kier molecular flexibility index (Phi) is 9.18. The minimum atomic E-state index is -0.602. The molecule has 0 aromatic rings. The second-order valence-corrected chi connectivity index (χ2v) is 4.07. The summed E-state index contributed by atoms with van der Waals surface area (Å²) in [7, 11) is 0. The van der Waals surface area contributed by atoms with Gasteiger partial charge in [-0.25, -0.2) is 5.48 Å². The molecule has 4 N–H and O–H groups in total. The van der Waals surface area contributed by atoms with Gasteiger partial charge < -0.3 is 10.6 Å². The summed E-state index contributed by atoms with van der Waals surface area (Å²) >= 11 is 0. The van der Waals surface area contributed by atoms with Gasteiger partial charge in [-0.15, -0.1) is 0 Å². The van der Waals surface area contributed by atoms with Gasteiger partial charge in [0.15, 0.2) is 0 Å². The lowest BCUT2D eigenvalue weighted by atomic mass is 10.1. The summed E-state index contributed by atoms with van der Waals surface area (Å²) < 4.78 is 0. The van der Waals surface area contributed by atoms with Crippen LogP contribution in [0, 0.1) is 0 Å². The van der Waals surface area contributed by atoms with Crippen molar-refractivity contribution in [3.63, 3.8) is 0 Å². The molecule has 0 rings (SSSR count). The standard InChI is InChI=1S/C11H25N3O2/c1-3-7-14(8-4-2)9-5-6-10(12)11(15)13-16/h10,16H,3-9,12H2,1-2H3,(H,13,15)/t10-/m0/s1. The zero-order chi connectivity index (χ0) is 12.4. The van der Waals surface area contributed by atoms with Crippen molar-refractivity contribution in [1.82, 2.24) is 10.4 Å². The van der Waals surface area contributed by atoms with Crippen LogP contribution in [0.3, 0.4) is 0 Å². The minimum absolute atomic E-state index is 0.502. The highest BCUT2D eigenvalue weighted by Gasteiger charge is 2.12. The van der Waals surface area contributed by atoms with Crippen LogP contribution in [0.5, 0.6) is 0 Å². The zero-order valence-corrected chi connectivity index (χ0v) is 10.4. The third-order valence-electron chi connectivity index (χ3n) is 2.52. The summed E-state index contributed by atoms with van der Waals surface area (Å²) in [5, 5.41) is 8.39. The van der Waals surface area contributed by atoms with Crippen molar-refractivity contribution in [2.75, 3.05) is 19.6 Å². The van der Waals surface area contributed by atoms with E-state index in [2.05, 4.69) is 18.7 Å². The van der Waals surface area contributed by atoms with Crippen molar-refractivity contribution in [1.29, 1.82) is 0 Å². The second-order valence-electron chi connectivity index (χ2n) is 4.07. The van der Waals surface area contributed by atoms with Gasteiger partial charge in [-0.2, -0.15) is 0 Å². The van der Waals surface area contributed by atoms with Crippen molar-refractivity contribution in [2.24, 2.45) is 5.73 Å². The van der Waals surface area contributed by atoms with E-state index in [4.69, 9.17) is 10.9 Å². The summed E-state index contributed by atoms with van der Waals surface area (Å²) in [6, 6.07) is -0.602. The molecule has 1 atom stereocenters. The molecule has 0 saturated carbocycles. The lowest BCUT2D eigenvalue weighted by Gasteiger charge is -2.21. The molecule has 0 aromatic heterocycles. The second kappa shape index (κ2) is 9.57. The number of hydrogen-bond acceptors (Lipinski definition) is 4. The van der Waals surface area contributed by atoms with Gasteiger partial charge in [0.25, 0.3) is 5.91 Å². The van der Waals surface area contributed by atoms with Gasteiger partial charge in [-0.1, -0.05) is 13.8 Å². The van der Waals surface area contributed by atoms with Gasteiger partial charge in [0.1, 0.15) is 0 Å². The van der Waals surface area contributed by atoms with Crippen molar-refractivity contribution in [3.05, 3.63) is 0 Å². The Morgan fingerprint density at radius 2 is 1.88 bits per heavy atom. The zero-order valence-electron chi connectivity index (χ0n) is 10.4. The predicted molar refractivity (Wildman–Crippen MR) is 64.2 cm³/mol. The molecule has 0 aromatic carbocycles. The molecule has 0 aliphatic heterocycles. The predicted octanol–water partition coefficient (Wildman–Crippen LogP) is 0.721. The SMILES string of the molecule is CCCN(CCC)CCC[C@H](N)C(=O)NO. The van der Waals surface area contributed by atoms with Crippen molar-refractivity contribution < 1.29 is 10.0 Å². The maximum Gasteiger partial charge on any atom is 0.260 e. The number of nitrogens with one attached hydrogen (secondary N) is 1. The Morgan fingerprint density at radius 1 is 1.31 bits per heavy atom. The smallest absolute Gasteiger partial charge is 0.260 e. The van der Waals surface area contributed by atoms with E-state index >= 15 is 0 Å². The first-order valence-electron chi connectivity index (χ1n) is 6.07. The average Bonchev–Trinajstić information content (AvgIpc) is 2.28. The van der Waals surface area contributed by atoms with Crippen LogP contribution in [0.25, 0.3) is 0 Å². The van der Waals surface area contributed by atoms with Crippen LogP contribution in [-0.2, 0) is 4.79 Å². The fraction of sp³-hybridized carbons (Fsp3) is 0.909. The quantitative estimate of drug-likeness (QED) is 0.403. The highest BCUT2D eigenvalue weighted by Crippen LogP contribution is 2.00. The van der Waals surface area contributed by atoms with E-state index in [0.717, 1.165) is 38.9 Å². The lowest BCUT2D eigenvalue weighted by Crippen LogP contribution is -2.39. The van der Waals surface area contributed by atoms with Crippen LogP contribution in [-0.4, -0.2) is 41.7 Å². The van der Waals surface area contributed by atoms with Crippen molar-refractivity contribution >= 4 is 5.91 Å². The number of nitrogens with two attached hydrogens (primary N) is 1. The molecule has 0 aliphatic carbocycles. The number of carbonyl (C=O) groups is 1. The van der Waals surface area contributed by atoms with Gasteiger partial charge in [-0.3, -0.25) is 10.0 Å². The molecule has 16 heavy (non-hydrogen) atoms. The lowest BCUT2D eigenvalue weighted by molar-refractivity contribution is -0.130. The Balaban J connectivity index is 3.71. The fourth-order valence-electron chi connectivity index (χ4n) is 1.72. The summed E-state index contributed by atoms with van der Waals surface area (Å²) in [5.74, 6) is -0.502. The summed E-state index contributed by atoms with van der Waals surface area (Å²) in [4.78, 5) is 13.3. The maximum atomic E-state index is 10.9. The normalized spacial score (nSPS) is 12.8. The van der Waals surface area contributed by atoms with E-state index in [-0.39, 0.29) is 0 Å². The fourth-order valence-corrected chi connectivity index (χ4v) is 1.72. The van der Waals surface area contributed by atoms with Crippen LogP contribution in [0.1, 0.15) is 39.5 Å². The minimum Gasteiger partial charge on any atom is -0.320 e. The molecule has 0 heterocycles. The molecule has 1 amide bonds. The molecule has 0 bridgehead atoms. The average molecular weight is 231 g/mol. The topological polar surface area (TPSA) is 78.6 Å². The molecule has 5 nitrogen and oxygen atoms in total. The van der Waals surface area contributed by atoms with Crippen LogP contribution >= 0.6 is 0 Å². The van der Waals surface area contributed by atoms with E-state index in [9.17, 15) is 4.79 Å². The van der Waals surface area contributed by atoms with Gasteiger partial charge in [0, 0.05) is 0 Å². The monoisotopic (exact) mass is 231 g/mol. The molecule has 5 heteroatoms. The Bertz CT molecular complexity index is 182. The molecule has 0 aliphatic rings. The van der Waals surface area contributed by atoms with Crippen molar-refractivity contribution in [2.45, 2.75) is 45.6 Å². The van der Waals surface area contributed by atoms with Gasteiger partial charge in [-0.05, 0) is 45.3 Å². The number of nitrogens with zero attached hydrogens (tertiary/aromatic N) is 1. The molecule has 96 valence electrons. The number of rotatable bonds is 9. The molecule has 0 fully saturated rings. The van der Waals surface area contributed by atoms with Crippen LogP contribution in [0.4, 0.5) is 0 Å². The molecular formula is C11H25N3O2. The van der Waals surface area contributed by atoms with E-state index in [1.54, 1.807) is 5.48 Å². The number of carbonyl (C=O) groups excluding carboxylic acids is 1. The third kappa shape index (κ3) is 6.76. The first-order valence-corrected chi connectivity index (χ1v) is 6.07. The van der Waals surface area contributed by atoms with Crippen LogP contribution in [0.2, 0.25) is 0 Å². The Morgan fingerprint density at radius 3 is 2.31 bits per heavy atom. The largest absolute Gasteiger partial charge is 0.320 e. The molecule has 0 unspecified atom stereocenters. The van der Waals surface area contributed by atoms with E-state index in [0.29, 0.717) is 6.42 Å². The van der Waals surface area contributed by atoms with Crippen LogP contribution < -0.4 is 11.2 Å². The molecule has 0 radical (unpaired) electrons. The molecular weight excluding hydrogens is 206 g/mol. The number of amides is 1. The number of hydrogen-bond donors (Lipinski definition) is 3. The van der Waals surface area contributed by atoms with Gasteiger partial charge in [0.2, 0.25) is 0 Å². The maximum absolute atomic E-state index is 10.9. The number of hydroxylamine groups is 1. The first-order chi connectivity index (χ1) is 7.65. The summed E-state index contributed by atoms with van der Waals surface area (Å²) in [5.41, 5.74) is 7.15. The first kappa shape index (κ1) is 15.3. The van der Waals surface area contributed by atoms with Crippen molar-refractivity contribution in [3.8, 4) is 0 Å². The summed E-state index contributed by atoms with van der Waals surface area (Å²) in [6.45, 7) is 7.47. The van der Waals surface area contributed by atoms with E-state index in [1.807, 2.05) is 0 Å². The van der Waals surface area contributed by atoms with Gasteiger partial charge >= 0.3 is 0 Å².